The number of halogens is 1. The van der Waals surface area contributed by atoms with E-state index in [-0.39, 0.29) is 27.9 Å². The van der Waals surface area contributed by atoms with Gasteiger partial charge in [0.05, 0.1) is 11.1 Å². The number of ether oxygens (including phenoxy) is 1. The largest absolute Gasteiger partial charge is 0.488 e. The minimum Gasteiger partial charge on any atom is -0.488 e. The molecule has 0 spiro atoms. The van der Waals surface area contributed by atoms with Crippen molar-refractivity contribution in [2.75, 3.05) is 5.73 Å². The van der Waals surface area contributed by atoms with Crippen LogP contribution in [0.2, 0.25) is 5.02 Å². The number of hydrogen-bond acceptors (Lipinski definition) is 3. The van der Waals surface area contributed by atoms with Crippen LogP contribution in [0.5, 0.6) is 5.75 Å². The van der Waals surface area contributed by atoms with Crippen molar-refractivity contribution in [2.45, 2.75) is 46.1 Å². The minimum atomic E-state index is -1.08. The molecule has 1 aromatic rings. The van der Waals surface area contributed by atoms with Gasteiger partial charge >= 0.3 is 5.97 Å². The van der Waals surface area contributed by atoms with E-state index in [1.54, 1.807) is 0 Å². The summed E-state index contributed by atoms with van der Waals surface area (Å²) in [5.41, 5.74) is 6.19. The third-order valence-electron chi connectivity index (χ3n) is 3.93. The molecule has 0 aromatic heterocycles. The average molecular weight is 312 g/mol. The molecule has 2 unspecified atom stereocenters. The lowest BCUT2D eigenvalue weighted by molar-refractivity contribution is 0.0533. The molecule has 0 aliphatic heterocycles. The molecule has 0 radical (unpaired) electrons. The van der Waals surface area contributed by atoms with Crippen LogP contribution in [0, 0.1) is 11.3 Å². The molecule has 1 aromatic carbocycles. The summed E-state index contributed by atoms with van der Waals surface area (Å²) in [5.74, 6) is -0.310. The molecule has 1 saturated carbocycles. The first-order chi connectivity index (χ1) is 9.68. The van der Waals surface area contributed by atoms with Gasteiger partial charge in [0, 0.05) is 5.69 Å². The Kier molecular flexibility index (Phi) is 4.38. The highest BCUT2D eigenvalue weighted by Gasteiger charge is 2.34. The lowest BCUT2D eigenvalue weighted by Gasteiger charge is -2.39. The third kappa shape index (κ3) is 3.82. The lowest BCUT2D eigenvalue weighted by atomic mass is 9.71. The van der Waals surface area contributed by atoms with Gasteiger partial charge in [0.2, 0.25) is 0 Å². The Morgan fingerprint density at radius 2 is 2.10 bits per heavy atom. The fourth-order valence-electron chi connectivity index (χ4n) is 3.41. The third-order valence-corrected chi connectivity index (χ3v) is 4.21. The highest BCUT2D eigenvalue weighted by molar-refractivity contribution is 6.33. The topological polar surface area (TPSA) is 72.5 Å². The number of benzene rings is 1. The van der Waals surface area contributed by atoms with E-state index < -0.39 is 5.97 Å². The number of carbonyl (C=O) groups is 1. The van der Waals surface area contributed by atoms with Crippen molar-refractivity contribution in [3.05, 3.63) is 22.7 Å². The molecule has 1 aliphatic carbocycles. The Morgan fingerprint density at radius 3 is 2.67 bits per heavy atom. The number of carboxylic acids is 1. The number of rotatable bonds is 3. The molecule has 0 bridgehead atoms. The Bertz CT molecular complexity index is 557. The van der Waals surface area contributed by atoms with E-state index in [0.717, 1.165) is 19.3 Å². The summed E-state index contributed by atoms with van der Waals surface area (Å²) in [7, 11) is 0. The monoisotopic (exact) mass is 311 g/mol. The summed E-state index contributed by atoms with van der Waals surface area (Å²) >= 11 is 6.14. The first-order valence-electron chi connectivity index (χ1n) is 7.17. The molecule has 0 amide bonds. The van der Waals surface area contributed by atoms with Crippen LogP contribution >= 0.6 is 11.6 Å². The fraction of sp³-hybridized carbons (Fsp3) is 0.562. The Morgan fingerprint density at radius 1 is 1.43 bits per heavy atom. The van der Waals surface area contributed by atoms with Crippen molar-refractivity contribution in [3.63, 3.8) is 0 Å². The fourth-order valence-corrected chi connectivity index (χ4v) is 3.68. The molecular weight excluding hydrogens is 290 g/mol. The maximum absolute atomic E-state index is 11.4. The molecule has 0 heterocycles. The Labute approximate surface area is 130 Å². The number of aromatic carboxylic acids is 1. The molecule has 116 valence electrons. The van der Waals surface area contributed by atoms with Crippen LogP contribution in [-0.2, 0) is 0 Å². The second-order valence-electron chi connectivity index (χ2n) is 6.84. The SMILES string of the molecule is CC1CC(Oc2c(Cl)cc(N)cc2C(=O)O)CC(C)(C)C1. The van der Waals surface area contributed by atoms with E-state index >= 15 is 0 Å². The van der Waals surface area contributed by atoms with Crippen LogP contribution in [-0.4, -0.2) is 17.2 Å². The molecule has 4 nitrogen and oxygen atoms in total. The van der Waals surface area contributed by atoms with Crippen molar-refractivity contribution in [1.29, 1.82) is 0 Å². The summed E-state index contributed by atoms with van der Waals surface area (Å²) in [5, 5.41) is 9.56. The Hall–Kier alpha value is -1.42. The quantitative estimate of drug-likeness (QED) is 0.820. The molecule has 1 aliphatic rings. The van der Waals surface area contributed by atoms with E-state index in [0.29, 0.717) is 11.6 Å². The minimum absolute atomic E-state index is 0.0241. The Balaban J connectivity index is 2.29. The van der Waals surface area contributed by atoms with Gasteiger partial charge in [-0.1, -0.05) is 32.4 Å². The second-order valence-corrected chi connectivity index (χ2v) is 7.24. The average Bonchev–Trinajstić information content (AvgIpc) is 2.29. The number of hydrogen-bond donors (Lipinski definition) is 2. The molecule has 2 rings (SSSR count). The maximum Gasteiger partial charge on any atom is 0.339 e. The molecule has 2 atom stereocenters. The van der Waals surface area contributed by atoms with Gasteiger partial charge in [0.25, 0.3) is 0 Å². The van der Waals surface area contributed by atoms with Gasteiger partial charge in [-0.05, 0) is 42.7 Å². The van der Waals surface area contributed by atoms with Gasteiger partial charge in [0.15, 0.2) is 5.75 Å². The summed E-state index contributed by atoms with van der Waals surface area (Å²) in [4.78, 5) is 11.4. The highest BCUT2D eigenvalue weighted by Crippen LogP contribution is 2.41. The van der Waals surface area contributed by atoms with Gasteiger partial charge < -0.3 is 15.6 Å². The molecule has 21 heavy (non-hydrogen) atoms. The van der Waals surface area contributed by atoms with Gasteiger partial charge in [0.1, 0.15) is 5.56 Å². The molecular formula is C16H22ClNO3. The first kappa shape index (κ1) is 16.0. The van der Waals surface area contributed by atoms with Crippen LogP contribution in [0.3, 0.4) is 0 Å². The predicted octanol–water partition coefficient (Wildman–Crippen LogP) is 4.21. The van der Waals surface area contributed by atoms with E-state index in [2.05, 4.69) is 20.8 Å². The van der Waals surface area contributed by atoms with Gasteiger partial charge in [-0.15, -0.1) is 0 Å². The van der Waals surface area contributed by atoms with Crippen LogP contribution in [0.4, 0.5) is 5.69 Å². The number of nitrogens with two attached hydrogens (primary N) is 1. The lowest BCUT2D eigenvalue weighted by Crippen LogP contribution is -2.34. The summed E-state index contributed by atoms with van der Waals surface area (Å²) in [6.07, 6.45) is 2.91. The number of carboxylic acid groups (broad SMARTS) is 1. The molecule has 0 saturated heterocycles. The normalized spacial score (nSPS) is 24.6. The molecule has 3 N–H and O–H groups in total. The smallest absolute Gasteiger partial charge is 0.339 e. The number of anilines is 1. The van der Waals surface area contributed by atoms with E-state index in [9.17, 15) is 9.90 Å². The van der Waals surface area contributed by atoms with Crippen molar-refractivity contribution < 1.29 is 14.6 Å². The highest BCUT2D eigenvalue weighted by atomic mass is 35.5. The second kappa shape index (κ2) is 5.76. The predicted molar refractivity (Wildman–Crippen MR) is 84.0 cm³/mol. The summed E-state index contributed by atoms with van der Waals surface area (Å²) in [6, 6.07) is 2.92. The zero-order valence-corrected chi connectivity index (χ0v) is 13.4. The van der Waals surface area contributed by atoms with Crippen LogP contribution in [0.25, 0.3) is 0 Å². The van der Waals surface area contributed by atoms with Crippen LogP contribution < -0.4 is 10.5 Å². The van der Waals surface area contributed by atoms with E-state index in [1.807, 2.05) is 0 Å². The molecule has 5 heteroatoms. The van der Waals surface area contributed by atoms with Crippen molar-refractivity contribution in [1.82, 2.24) is 0 Å². The van der Waals surface area contributed by atoms with Crippen LogP contribution in [0.1, 0.15) is 50.4 Å². The maximum atomic E-state index is 11.4. The van der Waals surface area contributed by atoms with E-state index in [4.69, 9.17) is 22.1 Å². The summed E-state index contributed by atoms with van der Waals surface area (Å²) in [6.45, 7) is 6.61. The van der Waals surface area contributed by atoms with Crippen molar-refractivity contribution in [3.8, 4) is 5.75 Å². The van der Waals surface area contributed by atoms with Gasteiger partial charge in [-0.25, -0.2) is 4.79 Å². The van der Waals surface area contributed by atoms with Gasteiger partial charge in [-0.3, -0.25) is 0 Å². The zero-order valence-electron chi connectivity index (χ0n) is 12.6. The van der Waals surface area contributed by atoms with Gasteiger partial charge in [-0.2, -0.15) is 0 Å². The van der Waals surface area contributed by atoms with Crippen molar-refractivity contribution in [2.24, 2.45) is 11.3 Å². The zero-order chi connectivity index (χ0) is 15.8. The van der Waals surface area contributed by atoms with Crippen molar-refractivity contribution >= 4 is 23.3 Å². The number of nitrogen functional groups attached to an aromatic ring is 1. The summed E-state index contributed by atoms with van der Waals surface area (Å²) < 4.78 is 5.97. The first-order valence-corrected chi connectivity index (χ1v) is 7.55. The molecule has 1 fully saturated rings. The van der Waals surface area contributed by atoms with Crippen LogP contribution in [0.15, 0.2) is 12.1 Å². The standard InChI is InChI=1S/C16H22ClNO3/c1-9-4-11(8-16(2,3)7-9)21-14-12(15(19)20)5-10(18)6-13(14)17/h5-6,9,11H,4,7-8,18H2,1-3H3,(H,19,20). The van der Waals surface area contributed by atoms with E-state index in [1.165, 1.54) is 12.1 Å².